The number of fused-ring (bicyclic) bond motifs is 1. The summed E-state index contributed by atoms with van der Waals surface area (Å²) in [6.45, 7) is 0.378. The Labute approximate surface area is 179 Å². The molecular formula is C24H24FN3OS. The number of amides is 1. The zero-order chi connectivity index (χ0) is 20.3. The summed E-state index contributed by atoms with van der Waals surface area (Å²) in [5.41, 5.74) is 0.900. The van der Waals surface area contributed by atoms with E-state index in [1.165, 1.54) is 36.7 Å². The van der Waals surface area contributed by atoms with Crippen molar-refractivity contribution in [1.29, 1.82) is 0 Å². The molecule has 4 aliphatic carbocycles. The van der Waals surface area contributed by atoms with Gasteiger partial charge in [-0.25, -0.2) is 9.37 Å². The van der Waals surface area contributed by atoms with Crippen molar-refractivity contribution in [1.82, 2.24) is 9.97 Å². The van der Waals surface area contributed by atoms with E-state index in [0.29, 0.717) is 34.9 Å². The maximum Gasteiger partial charge on any atom is 0.235 e. The number of pyridine rings is 1. The average Bonchev–Trinajstić information content (AvgIpc) is 3.17. The summed E-state index contributed by atoms with van der Waals surface area (Å²) in [5.74, 6) is 1.89. The van der Waals surface area contributed by atoms with Crippen LogP contribution >= 0.6 is 11.3 Å². The van der Waals surface area contributed by atoms with Crippen LogP contribution in [-0.4, -0.2) is 15.9 Å². The number of anilines is 1. The van der Waals surface area contributed by atoms with Crippen molar-refractivity contribution in [3.8, 4) is 0 Å². The lowest BCUT2D eigenvalue weighted by Crippen LogP contribution is -2.54. The zero-order valence-electron chi connectivity index (χ0n) is 16.8. The van der Waals surface area contributed by atoms with E-state index in [-0.39, 0.29) is 17.1 Å². The highest BCUT2D eigenvalue weighted by molar-refractivity contribution is 7.22. The first-order valence-electron chi connectivity index (χ1n) is 10.9. The quantitative estimate of drug-likeness (QED) is 0.552. The summed E-state index contributed by atoms with van der Waals surface area (Å²) in [6, 6.07) is 10.7. The van der Waals surface area contributed by atoms with Crippen LogP contribution in [0, 0.1) is 29.0 Å². The van der Waals surface area contributed by atoms with Gasteiger partial charge in [-0.1, -0.05) is 23.5 Å². The van der Waals surface area contributed by atoms with E-state index in [0.717, 1.165) is 29.7 Å². The molecule has 7 rings (SSSR count). The molecule has 2 aromatic heterocycles. The predicted molar refractivity (Wildman–Crippen MR) is 116 cm³/mol. The largest absolute Gasteiger partial charge is 0.282 e. The number of hydrogen-bond acceptors (Lipinski definition) is 4. The Kier molecular flexibility index (Phi) is 4.20. The third-order valence-electron chi connectivity index (χ3n) is 7.37. The van der Waals surface area contributed by atoms with Gasteiger partial charge in [-0.3, -0.25) is 14.7 Å². The lowest BCUT2D eigenvalue weighted by Gasteiger charge is -2.56. The molecule has 4 bridgehead atoms. The van der Waals surface area contributed by atoms with Crippen molar-refractivity contribution < 1.29 is 9.18 Å². The second-order valence-corrected chi connectivity index (χ2v) is 10.5. The molecule has 0 aliphatic heterocycles. The predicted octanol–water partition coefficient (Wildman–Crippen LogP) is 5.58. The molecule has 3 aromatic rings. The first-order chi connectivity index (χ1) is 14.6. The van der Waals surface area contributed by atoms with Gasteiger partial charge in [0.1, 0.15) is 11.3 Å². The average molecular weight is 422 g/mol. The van der Waals surface area contributed by atoms with E-state index in [1.54, 1.807) is 17.2 Å². The highest BCUT2D eigenvalue weighted by atomic mass is 32.1. The molecule has 154 valence electrons. The van der Waals surface area contributed by atoms with Crippen LogP contribution in [0.5, 0.6) is 0 Å². The molecule has 0 atom stereocenters. The number of benzene rings is 1. The molecule has 1 amide bonds. The molecule has 4 saturated carbocycles. The zero-order valence-corrected chi connectivity index (χ0v) is 17.6. The molecule has 0 unspecified atom stereocenters. The van der Waals surface area contributed by atoms with E-state index in [1.807, 2.05) is 24.3 Å². The van der Waals surface area contributed by atoms with Crippen LogP contribution in [0.15, 0.2) is 42.6 Å². The van der Waals surface area contributed by atoms with Crippen molar-refractivity contribution in [3.05, 3.63) is 54.1 Å². The summed E-state index contributed by atoms with van der Waals surface area (Å²) in [6.07, 6.45) is 8.61. The van der Waals surface area contributed by atoms with Gasteiger partial charge in [0, 0.05) is 6.20 Å². The molecule has 6 heteroatoms. The standard InChI is InChI=1S/C24H24FN3OS/c25-19-5-3-6-20-21(19)27-23(30-20)28(14-18-4-1-2-7-26-18)22(29)24-11-15-8-16(12-24)10-17(9-15)13-24/h1-7,15-17H,8-14H2. The number of rotatable bonds is 4. The smallest absolute Gasteiger partial charge is 0.235 e. The molecular weight excluding hydrogens is 397 g/mol. The first kappa shape index (κ1) is 18.4. The summed E-state index contributed by atoms with van der Waals surface area (Å²) in [4.78, 5) is 25.0. The van der Waals surface area contributed by atoms with Gasteiger partial charge in [-0.2, -0.15) is 0 Å². The van der Waals surface area contributed by atoms with E-state index in [2.05, 4.69) is 9.97 Å². The minimum Gasteiger partial charge on any atom is -0.282 e. The molecule has 0 spiro atoms. The van der Waals surface area contributed by atoms with Crippen LogP contribution in [0.4, 0.5) is 9.52 Å². The van der Waals surface area contributed by atoms with Crippen molar-refractivity contribution in [3.63, 3.8) is 0 Å². The molecule has 0 radical (unpaired) electrons. The summed E-state index contributed by atoms with van der Waals surface area (Å²) < 4.78 is 15.1. The lowest BCUT2D eigenvalue weighted by molar-refractivity contribution is -0.143. The minimum atomic E-state index is -0.338. The topological polar surface area (TPSA) is 46.1 Å². The molecule has 1 aromatic carbocycles. The normalized spacial score (nSPS) is 29.4. The van der Waals surface area contributed by atoms with Gasteiger partial charge in [0.25, 0.3) is 0 Å². The summed E-state index contributed by atoms with van der Waals surface area (Å²) >= 11 is 1.40. The fourth-order valence-corrected chi connectivity index (χ4v) is 7.54. The van der Waals surface area contributed by atoms with Crippen LogP contribution in [0.1, 0.15) is 44.2 Å². The SMILES string of the molecule is O=C(N(Cc1ccccn1)c1nc2c(F)cccc2s1)C12CC3CC(CC(C3)C1)C2. The number of halogens is 1. The molecule has 0 N–H and O–H groups in total. The van der Waals surface area contributed by atoms with Gasteiger partial charge in [0.05, 0.1) is 22.4 Å². The Morgan fingerprint density at radius 3 is 2.43 bits per heavy atom. The maximum absolute atomic E-state index is 14.3. The first-order valence-corrected chi connectivity index (χ1v) is 11.7. The van der Waals surface area contributed by atoms with E-state index in [4.69, 9.17) is 0 Å². The molecule has 0 saturated heterocycles. The van der Waals surface area contributed by atoms with Gasteiger partial charge in [0.2, 0.25) is 5.91 Å². The van der Waals surface area contributed by atoms with Crippen molar-refractivity contribution >= 4 is 32.6 Å². The molecule has 4 fully saturated rings. The number of aromatic nitrogens is 2. The summed E-state index contributed by atoms with van der Waals surface area (Å²) in [7, 11) is 0. The van der Waals surface area contributed by atoms with E-state index < -0.39 is 0 Å². The highest BCUT2D eigenvalue weighted by Crippen LogP contribution is 2.60. The van der Waals surface area contributed by atoms with Crippen LogP contribution in [-0.2, 0) is 11.3 Å². The summed E-state index contributed by atoms with van der Waals surface area (Å²) in [5, 5.41) is 0.585. The number of nitrogens with zero attached hydrogens (tertiary/aromatic N) is 3. The Bertz CT molecular complexity index is 1080. The molecule has 30 heavy (non-hydrogen) atoms. The number of para-hydroxylation sites is 1. The Balaban J connectivity index is 1.42. The van der Waals surface area contributed by atoms with Crippen LogP contribution < -0.4 is 4.90 Å². The Hall–Kier alpha value is -2.34. The number of carbonyl (C=O) groups excluding carboxylic acids is 1. The van der Waals surface area contributed by atoms with Crippen LogP contribution in [0.25, 0.3) is 10.2 Å². The van der Waals surface area contributed by atoms with Gasteiger partial charge < -0.3 is 0 Å². The van der Waals surface area contributed by atoms with Gasteiger partial charge >= 0.3 is 0 Å². The minimum absolute atomic E-state index is 0.173. The molecule has 4 aliphatic rings. The molecule has 4 nitrogen and oxygen atoms in total. The second kappa shape index (κ2) is 6.84. The van der Waals surface area contributed by atoms with Gasteiger partial charge in [0.15, 0.2) is 5.13 Å². The van der Waals surface area contributed by atoms with Crippen LogP contribution in [0.3, 0.4) is 0 Å². The lowest BCUT2D eigenvalue weighted by atomic mass is 9.49. The van der Waals surface area contributed by atoms with E-state index >= 15 is 0 Å². The van der Waals surface area contributed by atoms with Crippen molar-refractivity contribution in [2.45, 2.75) is 45.1 Å². The van der Waals surface area contributed by atoms with Crippen molar-refractivity contribution in [2.24, 2.45) is 23.2 Å². The van der Waals surface area contributed by atoms with Gasteiger partial charge in [-0.15, -0.1) is 0 Å². The Morgan fingerprint density at radius 1 is 1.07 bits per heavy atom. The second-order valence-electron chi connectivity index (χ2n) is 9.49. The third-order valence-corrected chi connectivity index (χ3v) is 8.42. The number of carbonyl (C=O) groups is 1. The van der Waals surface area contributed by atoms with E-state index in [9.17, 15) is 9.18 Å². The van der Waals surface area contributed by atoms with Gasteiger partial charge in [-0.05, 0) is 80.5 Å². The number of hydrogen-bond donors (Lipinski definition) is 0. The van der Waals surface area contributed by atoms with Crippen molar-refractivity contribution in [2.75, 3.05) is 4.90 Å². The Morgan fingerprint density at radius 2 is 1.80 bits per heavy atom. The third kappa shape index (κ3) is 2.96. The highest BCUT2D eigenvalue weighted by Gasteiger charge is 2.56. The number of thiazole rings is 1. The fourth-order valence-electron chi connectivity index (χ4n) is 6.56. The maximum atomic E-state index is 14.3. The molecule has 2 heterocycles. The van der Waals surface area contributed by atoms with Crippen LogP contribution in [0.2, 0.25) is 0 Å². The fraction of sp³-hybridized carbons (Fsp3) is 0.458. The monoisotopic (exact) mass is 421 g/mol.